The molecule has 4 heteroatoms. The molecule has 0 bridgehead atoms. The van der Waals surface area contributed by atoms with Gasteiger partial charge in [0.2, 0.25) is 0 Å². The van der Waals surface area contributed by atoms with E-state index in [2.05, 4.69) is 12.2 Å². The van der Waals surface area contributed by atoms with Crippen LogP contribution in [0.2, 0.25) is 0 Å². The molecule has 1 atom stereocenters. The maximum absolute atomic E-state index is 13.0. The van der Waals surface area contributed by atoms with Crippen molar-refractivity contribution in [1.82, 2.24) is 10.3 Å². The van der Waals surface area contributed by atoms with Gasteiger partial charge in [0.15, 0.2) is 0 Å². The molecule has 0 radical (unpaired) electrons. The number of benzene rings is 1. The first-order valence-corrected chi connectivity index (χ1v) is 8.56. The van der Waals surface area contributed by atoms with E-state index in [-0.39, 0.29) is 5.82 Å². The number of hydrogen-bond acceptors (Lipinski definition) is 3. The minimum Gasteiger partial charge on any atom is -0.316 e. The molecule has 112 valence electrons. The van der Waals surface area contributed by atoms with Gasteiger partial charge in [0.1, 0.15) is 10.8 Å². The predicted molar refractivity (Wildman–Crippen MR) is 86.3 cm³/mol. The first-order chi connectivity index (χ1) is 10.3. The van der Waals surface area contributed by atoms with Crippen LogP contribution in [0.1, 0.15) is 42.7 Å². The Hall–Kier alpha value is -1.26. The van der Waals surface area contributed by atoms with Crippen molar-refractivity contribution in [3.05, 3.63) is 40.7 Å². The summed E-state index contributed by atoms with van der Waals surface area (Å²) in [6.07, 6.45) is 4.77. The molecule has 0 amide bonds. The van der Waals surface area contributed by atoms with Gasteiger partial charge in [-0.05, 0) is 56.5 Å². The van der Waals surface area contributed by atoms with Crippen molar-refractivity contribution in [2.24, 2.45) is 0 Å². The normalized spacial score (nSPS) is 17.7. The zero-order chi connectivity index (χ0) is 14.7. The summed E-state index contributed by atoms with van der Waals surface area (Å²) < 4.78 is 13.0. The Kier molecular flexibility index (Phi) is 4.66. The lowest BCUT2D eigenvalue weighted by atomic mass is 9.91. The summed E-state index contributed by atoms with van der Waals surface area (Å²) in [6.45, 7) is 4.28. The molecule has 0 aliphatic heterocycles. The van der Waals surface area contributed by atoms with E-state index in [1.807, 2.05) is 12.1 Å². The Labute approximate surface area is 129 Å². The monoisotopic (exact) mass is 304 g/mol. The second kappa shape index (κ2) is 6.67. The van der Waals surface area contributed by atoms with Crippen LogP contribution >= 0.6 is 11.3 Å². The van der Waals surface area contributed by atoms with Gasteiger partial charge in [-0.1, -0.05) is 6.92 Å². The molecule has 1 aromatic carbocycles. The third-order valence-electron chi connectivity index (χ3n) is 3.98. The Morgan fingerprint density at radius 1 is 1.33 bits per heavy atom. The zero-order valence-electron chi connectivity index (χ0n) is 12.4. The van der Waals surface area contributed by atoms with Gasteiger partial charge in [-0.15, -0.1) is 11.3 Å². The fourth-order valence-corrected chi connectivity index (χ4v) is 4.07. The summed E-state index contributed by atoms with van der Waals surface area (Å²) in [7, 11) is 0. The Morgan fingerprint density at radius 3 is 2.90 bits per heavy atom. The van der Waals surface area contributed by atoms with Gasteiger partial charge in [0, 0.05) is 22.9 Å². The summed E-state index contributed by atoms with van der Waals surface area (Å²) in [5, 5.41) is 4.55. The highest BCUT2D eigenvalue weighted by Crippen LogP contribution is 2.37. The van der Waals surface area contributed by atoms with Crippen molar-refractivity contribution in [2.75, 3.05) is 13.1 Å². The molecule has 0 spiro atoms. The van der Waals surface area contributed by atoms with E-state index in [1.165, 1.54) is 35.5 Å². The highest BCUT2D eigenvalue weighted by Gasteiger charge is 2.24. The van der Waals surface area contributed by atoms with Crippen LogP contribution in [-0.2, 0) is 6.42 Å². The van der Waals surface area contributed by atoms with Gasteiger partial charge < -0.3 is 5.32 Å². The van der Waals surface area contributed by atoms with Crippen LogP contribution in [0.5, 0.6) is 0 Å². The van der Waals surface area contributed by atoms with Crippen molar-refractivity contribution >= 4 is 11.3 Å². The maximum atomic E-state index is 13.0. The Bertz CT molecular complexity index is 591. The number of nitrogens with zero attached hydrogens (tertiary/aromatic N) is 1. The lowest BCUT2D eigenvalue weighted by molar-refractivity contribution is 0.502. The fourth-order valence-electron chi connectivity index (χ4n) is 2.88. The molecular weight excluding hydrogens is 283 g/mol. The standard InChI is InChI=1S/C17H21FN2S/c1-2-10-19-11-13-4-3-5-15-16(13)20-17(21-15)12-6-8-14(18)9-7-12/h6-9,13,19H,2-5,10-11H2,1H3. The molecule has 1 N–H and O–H groups in total. The van der Waals surface area contributed by atoms with Gasteiger partial charge in [-0.25, -0.2) is 9.37 Å². The second-order valence-electron chi connectivity index (χ2n) is 5.63. The summed E-state index contributed by atoms with van der Waals surface area (Å²) >= 11 is 1.78. The van der Waals surface area contributed by atoms with Crippen LogP contribution < -0.4 is 5.32 Å². The minimum atomic E-state index is -0.193. The van der Waals surface area contributed by atoms with Crippen LogP contribution in [0.3, 0.4) is 0 Å². The quantitative estimate of drug-likeness (QED) is 0.830. The first-order valence-electron chi connectivity index (χ1n) is 7.74. The molecule has 1 heterocycles. The Balaban J connectivity index is 1.82. The molecule has 1 unspecified atom stereocenters. The number of fused-ring (bicyclic) bond motifs is 1. The molecule has 2 aromatic rings. The molecule has 2 nitrogen and oxygen atoms in total. The van der Waals surface area contributed by atoms with E-state index in [4.69, 9.17) is 4.98 Å². The van der Waals surface area contributed by atoms with Crippen molar-refractivity contribution < 1.29 is 4.39 Å². The number of rotatable bonds is 5. The first kappa shape index (κ1) is 14.7. The van der Waals surface area contributed by atoms with Crippen LogP contribution in [0, 0.1) is 5.82 Å². The van der Waals surface area contributed by atoms with Gasteiger partial charge in [0.25, 0.3) is 0 Å². The van der Waals surface area contributed by atoms with Crippen LogP contribution in [-0.4, -0.2) is 18.1 Å². The van der Waals surface area contributed by atoms with E-state index >= 15 is 0 Å². The van der Waals surface area contributed by atoms with Gasteiger partial charge in [-0.3, -0.25) is 0 Å². The molecule has 1 aliphatic rings. The maximum Gasteiger partial charge on any atom is 0.123 e. The van der Waals surface area contributed by atoms with Crippen molar-refractivity contribution in [1.29, 1.82) is 0 Å². The van der Waals surface area contributed by atoms with E-state index in [9.17, 15) is 4.39 Å². The van der Waals surface area contributed by atoms with Gasteiger partial charge in [-0.2, -0.15) is 0 Å². The van der Waals surface area contributed by atoms with E-state index in [0.29, 0.717) is 5.92 Å². The average Bonchev–Trinajstić information content (AvgIpc) is 2.93. The van der Waals surface area contributed by atoms with E-state index < -0.39 is 0 Å². The highest BCUT2D eigenvalue weighted by atomic mass is 32.1. The third-order valence-corrected chi connectivity index (χ3v) is 5.16. The van der Waals surface area contributed by atoms with E-state index in [1.54, 1.807) is 11.3 Å². The van der Waals surface area contributed by atoms with Crippen molar-refractivity contribution in [3.63, 3.8) is 0 Å². The summed E-state index contributed by atoms with van der Waals surface area (Å²) in [5.74, 6) is 0.340. The lowest BCUT2D eigenvalue weighted by Crippen LogP contribution is -2.24. The largest absolute Gasteiger partial charge is 0.316 e. The molecule has 1 aromatic heterocycles. The number of aryl methyl sites for hydroxylation is 1. The zero-order valence-corrected chi connectivity index (χ0v) is 13.2. The number of thiazole rings is 1. The van der Waals surface area contributed by atoms with Gasteiger partial charge in [0.05, 0.1) is 5.69 Å². The van der Waals surface area contributed by atoms with Gasteiger partial charge >= 0.3 is 0 Å². The minimum absolute atomic E-state index is 0.193. The molecular formula is C17H21FN2S. The number of hydrogen-bond donors (Lipinski definition) is 1. The third kappa shape index (κ3) is 3.33. The highest BCUT2D eigenvalue weighted by molar-refractivity contribution is 7.15. The fraction of sp³-hybridized carbons (Fsp3) is 0.471. The topological polar surface area (TPSA) is 24.9 Å². The Morgan fingerprint density at radius 2 is 2.14 bits per heavy atom. The second-order valence-corrected chi connectivity index (χ2v) is 6.71. The lowest BCUT2D eigenvalue weighted by Gasteiger charge is -2.21. The smallest absolute Gasteiger partial charge is 0.123 e. The molecule has 3 rings (SSSR count). The van der Waals surface area contributed by atoms with Crippen molar-refractivity contribution in [2.45, 2.75) is 38.5 Å². The van der Waals surface area contributed by atoms with Crippen LogP contribution in [0.4, 0.5) is 4.39 Å². The summed E-state index contributed by atoms with van der Waals surface area (Å²) in [5.41, 5.74) is 2.30. The van der Waals surface area contributed by atoms with Crippen LogP contribution in [0.25, 0.3) is 10.6 Å². The molecule has 21 heavy (non-hydrogen) atoms. The summed E-state index contributed by atoms with van der Waals surface area (Å²) in [4.78, 5) is 6.29. The molecule has 1 aliphatic carbocycles. The summed E-state index contributed by atoms with van der Waals surface area (Å²) in [6, 6.07) is 6.67. The molecule has 0 saturated carbocycles. The molecule has 0 saturated heterocycles. The molecule has 0 fully saturated rings. The van der Waals surface area contributed by atoms with Crippen LogP contribution in [0.15, 0.2) is 24.3 Å². The number of nitrogens with one attached hydrogen (secondary N) is 1. The number of halogens is 1. The van der Waals surface area contributed by atoms with E-state index in [0.717, 1.165) is 36.5 Å². The number of aromatic nitrogens is 1. The van der Waals surface area contributed by atoms with Crippen molar-refractivity contribution in [3.8, 4) is 10.6 Å². The predicted octanol–water partition coefficient (Wildman–Crippen LogP) is 4.37. The SMILES string of the molecule is CCCNCC1CCCc2sc(-c3ccc(F)cc3)nc21. The average molecular weight is 304 g/mol.